The fourth-order valence-electron chi connectivity index (χ4n) is 2.67. The fraction of sp³-hybridized carbons (Fsp3) is 0.158. The number of anilines is 2. The summed E-state index contributed by atoms with van der Waals surface area (Å²) in [5.41, 5.74) is -0.763. The van der Waals surface area contributed by atoms with Gasteiger partial charge in [-0.2, -0.15) is 9.37 Å². The molecule has 0 spiro atoms. The van der Waals surface area contributed by atoms with Gasteiger partial charge in [0.05, 0.1) is 6.54 Å². The molecule has 0 saturated heterocycles. The topological polar surface area (TPSA) is 46.9 Å². The van der Waals surface area contributed by atoms with Crippen LogP contribution in [0.1, 0.15) is 23.1 Å². The van der Waals surface area contributed by atoms with Crippen molar-refractivity contribution in [1.82, 2.24) is 9.55 Å². The lowest BCUT2D eigenvalue weighted by Crippen LogP contribution is -2.20. The van der Waals surface area contributed by atoms with Crippen molar-refractivity contribution >= 4 is 11.6 Å². The fourth-order valence-corrected chi connectivity index (χ4v) is 2.67. The number of halogens is 6. The first kappa shape index (κ1) is 20.4. The van der Waals surface area contributed by atoms with E-state index in [1.165, 1.54) is 19.1 Å². The first-order valence-electron chi connectivity index (χ1n) is 8.22. The maximum absolute atomic E-state index is 13.7. The molecule has 0 unspecified atom stereocenters. The summed E-state index contributed by atoms with van der Waals surface area (Å²) >= 11 is 0. The summed E-state index contributed by atoms with van der Waals surface area (Å²) in [6, 6.07) is 5.16. The Morgan fingerprint density at radius 3 is 2.28 bits per heavy atom. The maximum atomic E-state index is 13.7. The second kappa shape index (κ2) is 7.98. The molecule has 1 N–H and O–H groups in total. The highest BCUT2D eigenvalue weighted by Gasteiger charge is 2.15. The molecule has 3 aromatic rings. The van der Waals surface area contributed by atoms with Gasteiger partial charge in [-0.25, -0.2) is 22.0 Å². The largest absolute Gasteiger partial charge is 0.325 e. The summed E-state index contributed by atoms with van der Waals surface area (Å²) in [5, 5.41) is 2.71. The van der Waals surface area contributed by atoms with Crippen LogP contribution in [0.2, 0.25) is 0 Å². The van der Waals surface area contributed by atoms with Crippen molar-refractivity contribution in [2.24, 2.45) is 0 Å². The third kappa shape index (κ3) is 4.41. The molecule has 0 saturated carbocycles. The number of aryl methyl sites for hydroxylation is 1. The average molecular weight is 413 g/mol. The Morgan fingerprint density at radius 1 is 1.03 bits per heavy atom. The molecule has 0 aliphatic rings. The standard InChI is InChI=1S/C19H13F6N3O/c1-9-4-11(17(24)25)2-3-15(9)26-19-27-18(29)14(22)8-28(19)7-10-5-12(20)16(23)13(21)6-10/h2-6,8,17H,7H2,1H3,(H,26,27,29). The highest BCUT2D eigenvalue weighted by Crippen LogP contribution is 2.26. The van der Waals surface area contributed by atoms with E-state index in [2.05, 4.69) is 10.3 Å². The van der Waals surface area contributed by atoms with Crippen molar-refractivity contribution in [3.05, 3.63) is 86.8 Å². The summed E-state index contributed by atoms with van der Waals surface area (Å²) in [7, 11) is 0. The van der Waals surface area contributed by atoms with E-state index in [-0.39, 0.29) is 23.6 Å². The van der Waals surface area contributed by atoms with Gasteiger partial charge in [0.15, 0.2) is 17.5 Å². The van der Waals surface area contributed by atoms with Gasteiger partial charge in [-0.1, -0.05) is 6.07 Å². The SMILES string of the molecule is Cc1cc(C(F)F)ccc1Nc1nc(=O)c(F)cn1Cc1cc(F)c(F)c(F)c1. The van der Waals surface area contributed by atoms with Gasteiger partial charge in [-0.15, -0.1) is 0 Å². The molecule has 1 aromatic heterocycles. The summed E-state index contributed by atoms with van der Waals surface area (Å²) in [4.78, 5) is 15.1. The van der Waals surface area contributed by atoms with Gasteiger partial charge in [0.2, 0.25) is 11.8 Å². The molecule has 0 atom stereocenters. The maximum Gasteiger partial charge on any atom is 0.310 e. The molecule has 0 aliphatic carbocycles. The molecule has 10 heteroatoms. The average Bonchev–Trinajstić information content (AvgIpc) is 2.65. The highest BCUT2D eigenvalue weighted by atomic mass is 19.3. The van der Waals surface area contributed by atoms with E-state index in [0.717, 1.165) is 29.0 Å². The van der Waals surface area contributed by atoms with Crippen LogP contribution in [0.15, 0.2) is 41.3 Å². The Kier molecular flexibility index (Phi) is 5.62. The summed E-state index contributed by atoms with van der Waals surface area (Å²) in [6.45, 7) is 1.18. The predicted octanol–water partition coefficient (Wildman–Crippen LogP) is 4.84. The molecule has 2 aromatic carbocycles. The quantitative estimate of drug-likeness (QED) is 0.481. The number of hydrogen-bond donors (Lipinski definition) is 1. The highest BCUT2D eigenvalue weighted by molar-refractivity contribution is 5.59. The predicted molar refractivity (Wildman–Crippen MR) is 93.3 cm³/mol. The molecule has 0 aliphatic heterocycles. The van der Waals surface area contributed by atoms with Crippen LogP contribution in [-0.2, 0) is 6.54 Å². The van der Waals surface area contributed by atoms with Gasteiger partial charge in [0.1, 0.15) is 0 Å². The third-order valence-corrected chi connectivity index (χ3v) is 4.10. The first-order valence-corrected chi connectivity index (χ1v) is 8.22. The zero-order valence-corrected chi connectivity index (χ0v) is 14.8. The molecule has 152 valence electrons. The minimum Gasteiger partial charge on any atom is -0.325 e. The van der Waals surface area contributed by atoms with Crippen LogP contribution in [0.4, 0.5) is 38.0 Å². The minimum absolute atomic E-state index is 0.0564. The summed E-state index contributed by atoms with van der Waals surface area (Å²) in [5.74, 6) is -5.92. The van der Waals surface area contributed by atoms with Gasteiger partial charge in [0, 0.05) is 17.4 Å². The number of rotatable bonds is 5. The Labute approximate surface area is 160 Å². The van der Waals surface area contributed by atoms with E-state index < -0.39 is 35.3 Å². The smallest absolute Gasteiger partial charge is 0.310 e. The van der Waals surface area contributed by atoms with Gasteiger partial charge < -0.3 is 9.88 Å². The minimum atomic E-state index is -2.67. The van der Waals surface area contributed by atoms with Gasteiger partial charge in [-0.05, 0) is 42.3 Å². The molecule has 3 rings (SSSR count). The van der Waals surface area contributed by atoms with Gasteiger partial charge >= 0.3 is 5.56 Å². The second-order valence-corrected chi connectivity index (χ2v) is 6.22. The molecule has 4 nitrogen and oxygen atoms in total. The molecule has 0 amide bonds. The number of nitrogens with zero attached hydrogens (tertiary/aromatic N) is 2. The molecule has 0 bridgehead atoms. The van der Waals surface area contributed by atoms with Crippen LogP contribution in [0.25, 0.3) is 0 Å². The number of alkyl halides is 2. The molecule has 0 radical (unpaired) electrons. The third-order valence-electron chi connectivity index (χ3n) is 4.10. The molecule has 0 fully saturated rings. The van der Waals surface area contributed by atoms with E-state index in [9.17, 15) is 31.1 Å². The van der Waals surface area contributed by atoms with Crippen LogP contribution in [-0.4, -0.2) is 9.55 Å². The lowest BCUT2D eigenvalue weighted by molar-refractivity contribution is 0.151. The van der Waals surface area contributed by atoms with Gasteiger partial charge in [0.25, 0.3) is 6.43 Å². The van der Waals surface area contributed by atoms with Crippen molar-refractivity contribution in [3.63, 3.8) is 0 Å². The number of hydrogen-bond acceptors (Lipinski definition) is 3. The van der Waals surface area contributed by atoms with Crippen LogP contribution in [0.5, 0.6) is 0 Å². The van der Waals surface area contributed by atoms with Crippen molar-refractivity contribution in [2.45, 2.75) is 19.9 Å². The Balaban J connectivity index is 2.00. The Bertz CT molecular complexity index is 1110. The summed E-state index contributed by atoms with van der Waals surface area (Å²) in [6.07, 6.45) is -1.91. The van der Waals surface area contributed by atoms with Crippen molar-refractivity contribution < 1.29 is 26.3 Å². The Hall–Kier alpha value is -3.30. The van der Waals surface area contributed by atoms with Crippen LogP contribution >= 0.6 is 0 Å². The molecule has 1 heterocycles. The Morgan fingerprint density at radius 2 is 1.69 bits per heavy atom. The summed E-state index contributed by atoms with van der Waals surface area (Å²) < 4.78 is 80.4. The zero-order chi connectivity index (χ0) is 21.3. The zero-order valence-electron chi connectivity index (χ0n) is 14.8. The van der Waals surface area contributed by atoms with Gasteiger partial charge in [-0.3, -0.25) is 4.79 Å². The van der Waals surface area contributed by atoms with Crippen LogP contribution in [0, 0.1) is 30.2 Å². The molecule has 29 heavy (non-hydrogen) atoms. The van der Waals surface area contributed by atoms with Crippen LogP contribution < -0.4 is 10.9 Å². The monoisotopic (exact) mass is 413 g/mol. The van der Waals surface area contributed by atoms with E-state index in [0.29, 0.717) is 11.3 Å². The van der Waals surface area contributed by atoms with E-state index in [1.54, 1.807) is 0 Å². The van der Waals surface area contributed by atoms with Crippen molar-refractivity contribution in [2.75, 3.05) is 5.32 Å². The van der Waals surface area contributed by atoms with Crippen molar-refractivity contribution in [3.8, 4) is 0 Å². The molecular formula is C19H13F6N3O. The van der Waals surface area contributed by atoms with Crippen LogP contribution in [0.3, 0.4) is 0 Å². The van der Waals surface area contributed by atoms with E-state index in [1.807, 2.05) is 0 Å². The lowest BCUT2D eigenvalue weighted by Gasteiger charge is -2.16. The van der Waals surface area contributed by atoms with E-state index >= 15 is 0 Å². The number of nitrogens with one attached hydrogen (secondary N) is 1. The normalized spacial score (nSPS) is 11.2. The molecular weight excluding hydrogens is 400 g/mol. The second-order valence-electron chi connectivity index (χ2n) is 6.22. The lowest BCUT2D eigenvalue weighted by atomic mass is 10.1. The number of aromatic nitrogens is 2. The first-order chi connectivity index (χ1) is 13.7. The van der Waals surface area contributed by atoms with E-state index in [4.69, 9.17) is 0 Å². The number of benzene rings is 2. The van der Waals surface area contributed by atoms with Crippen molar-refractivity contribution in [1.29, 1.82) is 0 Å².